The molecule has 0 aliphatic heterocycles. The lowest BCUT2D eigenvalue weighted by Gasteiger charge is -2.31. The van der Waals surface area contributed by atoms with Crippen molar-refractivity contribution in [1.82, 2.24) is 4.98 Å². The molecule has 1 aromatic rings. The Morgan fingerprint density at radius 3 is 1.14 bits per heavy atom. The van der Waals surface area contributed by atoms with Crippen LogP contribution in [-0.4, -0.2) is 19.1 Å². The molecular weight excluding hydrogens is 256 g/mol. The van der Waals surface area contributed by atoms with Crippen molar-refractivity contribution in [3.63, 3.8) is 0 Å². The van der Waals surface area contributed by atoms with Gasteiger partial charge in [-0.2, -0.15) is 0 Å². The molecule has 0 spiro atoms. The van der Waals surface area contributed by atoms with E-state index < -0.39 is 0 Å². The largest absolute Gasteiger partial charge is 0.377 e. The van der Waals surface area contributed by atoms with E-state index in [0.29, 0.717) is 23.7 Å². The summed E-state index contributed by atoms with van der Waals surface area (Å²) in [4.78, 5) is 7.43. The highest BCUT2D eigenvalue weighted by molar-refractivity contribution is 5.65. The first-order valence-electron chi connectivity index (χ1n) is 8.34. The maximum Gasteiger partial charge on any atom is 0.0487 e. The Balaban J connectivity index is 3.89. The number of pyridine rings is 1. The molecule has 1 aromatic heterocycles. The quantitative estimate of drug-likeness (QED) is 0.697. The molecule has 0 saturated heterocycles. The molecule has 2 heteroatoms. The van der Waals surface area contributed by atoms with Crippen LogP contribution in [0.5, 0.6) is 0 Å². The van der Waals surface area contributed by atoms with Gasteiger partial charge in [-0.15, -0.1) is 0 Å². The molecule has 1 rings (SSSR count). The van der Waals surface area contributed by atoms with Crippen LogP contribution in [0.3, 0.4) is 0 Å². The Hall–Kier alpha value is -1.05. The molecule has 0 amide bonds. The number of hydrogen-bond donors (Lipinski definition) is 0. The van der Waals surface area contributed by atoms with Gasteiger partial charge >= 0.3 is 0 Å². The zero-order valence-corrected chi connectivity index (χ0v) is 15.7. The first-order chi connectivity index (χ1) is 9.59. The summed E-state index contributed by atoms with van der Waals surface area (Å²) < 4.78 is 0. The topological polar surface area (TPSA) is 16.1 Å². The van der Waals surface area contributed by atoms with E-state index in [4.69, 9.17) is 4.98 Å². The zero-order valence-electron chi connectivity index (χ0n) is 15.7. The third-order valence-corrected chi connectivity index (χ3v) is 4.00. The molecule has 0 aliphatic carbocycles. The van der Waals surface area contributed by atoms with Crippen LogP contribution < -0.4 is 4.90 Å². The minimum atomic E-state index is 0.458. The van der Waals surface area contributed by atoms with Gasteiger partial charge in [0.2, 0.25) is 0 Å². The van der Waals surface area contributed by atoms with Gasteiger partial charge in [-0.1, -0.05) is 55.4 Å². The van der Waals surface area contributed by atoms with Crippen molar-refractivity contribution in [3.05, 3.63) is 22.5 Å². The van der Waals surface area contributed by atoms with E-state index in [1.165, 1.54) is 28.2 Å². The summed E-state index contributed by atoms with van der Waals surface area (Å²) >= 11 is 0. The number of anilines is 1. The van der Waals surface area contributed by atoms with Gasteiger partial charge in [-0.25, -0.2) is 0 Å². The molecular formula is C19H34N2. The van der Waals surface area contributed by atoms with Crippen molar-refractivity contribution in [2.24, 2.45) is 0 Å². The number of nitrogens with zero attached hydrogens (tertiary/aromatic N) is 2. The minimum Gasteiger partial charge on any atom is -0.377 e. The fourth-order valence-electron chi connectivity index (χ4n) is 3.14. The van der Waals surface area contributed by atoms with Crippen LogP contribution in [0.15, 0.2) is 0 Å². The van der Waals surface area contributed by atoms with Crippen molar-refractivity contribution in [2.45, 2.75) is 79.1 Å². The molecule has 0 aliphatic rings. The van der Waals surface area contributed by atoms with E-state index in [1.54, 1.807) is 0 Å². The molecule has 21 heavy (non-hydrogen) atoms. The average molecular weight is 290 g/mol. The van der Waals surface area contributed by atoms with Crippen molar-refractivity contribution in [2.75, 3.05) is 19.0 Å². The molecule has 2 nitrogen and oxygen atoms in total. The summed E-state index contributed by atoms with van der Waals surface area (Å²) in [5.41, 5.74) is 6.83. The van der Waals surface area contributed by atoms with E-state index in [1.807, 2.05) is 0 Å². The monoisotopic (exact) mass is 290 g/mol. The van der Waals surface area contributed by atoms with Crippen molar-refractivity contribution < 1.29 is 0 Å². The first kappa shape index (κ1) is 18.0. The van der Waals surface area contributed by atoms with Crippen molar-refractivity contribution in [1.29, 1.82) is 0 Å². The lowest BCUT2D eigenvalue weighted by Crippen LogP contribution is -2.21. The van der Waals surface area contributed by atoms with Gasteiger partial charge < -0.3 is 4.90 Å². The molecule has 0 aromatic carbocycles. The molecule has 0 bridgehead atoms. The molecule has 0 fully saturated rings. The summed E-state index contributed by atoms with van der Waals surface area (Å²) in [6.45, 7) is 18.2. The minimum absolute atomic E-state index is 0.458. The van der Waals surface area contributed by atoms with E-state index >= 15 is 0 Å². The Bertz CT molecular complexity index is 445. The predicted octanol–water partition coefficient (Wildman–Crippen LogP) is 5.64. The summed E-state index contributed by atoms with van der Waals surface area (Å²) in [6.07, 6.45) is 0. The van der Waals surface area contributed by atoms with Crippen LogP contribution in [0.1, 0.15) is 102 Å². The number of rotatable bonds is 5. The average Bonchev–Trinajstić information content (AvgIpc) is 2.34. The second-order valence-electron chi connectivity index (χ2n) is 7.57. The molecule has 0 N–H and O–H groups in total. The highest BCUT2D eigenvalue weighted by atomic mass is 15.1. The van der Waals surface area contributed by atoms with Gasteiger partial charge in [0.15, 0.2) is 0 Å². The molecule has 1 heterocycles. The fourth-order valence-corrected chi connectivity index (χ4v) is 3.14. The van der Waals surface area contributed by atoms with E-state index in [-0.39, 0.29) is 0 Å². The van der Waals surface area contributed by atoms with E-state index in [0.717, 1.165) is 0 Å². The lowest BCUT2D eigenvalue weighted by atomic mass is 9.85. The van der Waals surface area contributed by atoms with Gasteiger partial charge in [0, 0.05) is 42.3 Å². The smallest absolute Gasteiger partial charge is 0.0487 e. The molecule has 0 saturated carbocycles. The third-order valence-electron chi connectivity index (χ3n) is 4.00. The maximum absolute atomic E-state index is 5.13. The van der Waals surface area contributed by atoms with Crippen LogP contribution in [0.25, 0.3) is 0 Å². The standard InChI is InChI=1S/C19H34N2/c1-11(2)15-17(13(5)6)20-18(14(7)8)16(12(3)4)19(15)21(9)10/h11-14H,1-10H3. The second-order valence-corrected chi connectivity index (χ2v) is 7.57. The van der Waals surface area contributed by atoms with Gasteiger partial charge in [0.1, 0.15) is 0 Å². The van der Waals surface area contributed by atoms with Crippen molar-refractivity contribution in [3.8, 4) is 0 Å². The molecule has 0 radical (unpaired) electrons. The van der Waals surface area contributed by atoms with Gasteiger partial charge in [0.05, 0.1) is 0 Å². The molecule has 0 atom stereocenters. The summed E-state index contributed by atoms with van der Waals surface area (Å²) in [6, 6.07) is 0. The van der Waals surface area contributed by atoms with Crippen LogP contribution in [0, 0.1) is 0 Å². The second kappa shape index (κ2) is 6.81. The predicted molar refractivity (Wildman–Crippen MR) is 94.9 cm³/mol. The number of aromatic nitrogens is 1. The Morgan fingerprint density at radius 1 is 0.619 bits per heavy atom. The fraction of sp³-hybridized carbons (Fsp3) is 0.737. The van der Waals surface area contributed by atoms with Gasteiger partial charge in [-0.3, -0.25) is 4.98 Å². The normalized spacial score (nSPS) is 12.1. The third kappa shape index (κ3) is 3.59. The van der Waals surface area contributed by atoms with Crippen LogP contribution >= 0.6 is 0 Å². The molecule has 0 unspecified atom stereocenters. The summed E-state index contributed by atoms with van der Waals surface area (Å²) in [7, 11) is 4.34. The zero-order chi connectivity index (χ0) is 16.5. The van der Waals surface area contributed by atoms with Gasteiger partial charge in [-0.05, 0) is 23.7 Å². The summed E-state index contributed by atoms with van der Waals surface area (Å²) in [5, 5.41) is 0. The Morgan fingerprint density at radius 2 is 0.952 bits per heavy atom. The van der Waals surface area contributed by atoms with Crippen LogP contribution in [0.4, 0.5) is 5.69 Å². The first-order valence-corrected chi connectivity index (χ1v) is 8.34. The summed E-state index contributed by atoms with van der Waals surface area (Å²) in [5.74, 6) is 1.90. The van der Waals surface area contributed by atoms with E-state index in [2.05, 4.69) is 74.4 Å². The van der Waals surface area contributed by atoms with Crippen LogP contribution in [-0.2, 0) is 0 Å². The maximum atomic E-state index is 5.13. The molecule has 120 valence electrons. The Labute approximate surface area is 132 Å². The van der Waals surface area contributed by atoms with Crippen molar-refractivity contribution >= 4 is 5.69 Å². The van der Waals surface area contributed by atoms with Crippen LogP contribution in [0.2, 0.25) is 0 Å². The number of hydrogen-bond acceptors (Lipinski definition) is 2. The SMILES string of the molecule is CC(C)c1nc(C(C)C)c(C(C)C)c(N(C)C)c1C(C)C. The van der Waals surface area contributed by atoms with Gasteiger partial charge in [0.25, 0.3) is 0 Å². The highest BCUT2D eigenvalue weighted by Gasteiger charge is 2.26. The Kier molecular flexibility index (Phi) is 5.83. The van der Waals surface area contributed by atoms with E-state index in [9.17, 15) is 0 Å². The lowest BCUT2D eigenvalue weighted by molar-refractivity contribution is 0.694. The highest BCUT2D eigenvalue weighted by Crippen LogP contribution is 2.41.